The zero-order chi connectivity index (χ0) is 14.8. The number of rotatable bonds is 9. The van der Waals surface area contributed by atoms with Crippen LogP contribution in [0.2, 0.25) is 0 Å². The molecule has 0 aliphatic carbocycles. The molecule has 2 heteroatoms. The molecule has 1 saturated heterocycles. The summed E-state index contributed by atoms with van der Waals surface area (Å²) in [6, 6.07) is 2.38. The Labute approximate surface area is 127 Å². The molecule has 114 valence electrons. The lowest BCUT2D eigenvalue weighted by Crippen LogP contribution is -2.19. The summed E-state index contributed by atoms with van der Waals surface area (Å²) < 4.78 is 0. The van der Waals surface area contributed by atoms with Gasteiger partial charge in [-0.2, -0.15) is 5.26 Å². The Morgan fingerprint density at radius 1 is 1.10 bits per heavy atom. The van der Waals surface area contributed by atoms with Crippen molar-refractivity contribution in [2.24, 2.45) is 5.41 Å². The molecule has 1 fully saturated rings. The second-order valence-corrected chi connectivity index (χ2v) is 8.69. The van der Waals surface area contributed by atoms with Crippen molar-refractivity contribution in [1.29, 1.82) is 5.26 Å². The lowest BCUT2D eigenvalue weighted by atomic mass is 9.76. The summed E-state index contributed by atoms with van der Waals surface area (Å²) in [5.74, 6) is 0. The Kier molecular flexibility index (Phi) is 8.47. The van der Waals surface area contributed by atoms with Crippen LogP contribution in [-0.2, 0) is 0 Å². The first-order valence-corrected chi connectivity index (χ1v) is 10.3. The molecule has 0 N–H and O–H groups in total. The molecule has 1 heterocycles. The second-order valence-electron chi connectivity index (χ2n) is 6.24. The first kappa shape index (κ1) is 17.7. The lowest BCUT2D eigenvalue weighted by molar-refractivity contribution is 0.297. The minimum atomic E-state index is -0.00270. The van der Waals surface area contributed by atoms with E-state index in [1.807, 2.05) is 6.08 Å². The number of unbranched alkanes of at least 4 members (excludes halogenated alkanes) is 3. The van der Waals surface area contributed by atoms with E-state index < -0.39 is 0 Å². The second kappa shape index (κ2) is 9.57. The Morgan fingerprint density at radius 2 is 1.70 bits per heavy atom. The smallest absolute Gasteiger partial charge is 0.0915 e. The van der Waals surface area contributed by atoms with Crippen molar-refractivity contribution in [2.75, 3.05) is 12.3 Å². The number of hydrogen-bond donors (Lipinski definition) is 0. The molecule has 0 amide bonds. The molecule has 1 rings (SSSR count). The molecule has 0 aromatic rings. The highest BCUT2D eigenvalue weighted by molar-refractivity contribution is 7.62. The van der Waals surface area contributed by atoms with Crippen molar-refractivity contribution in [1.82, 2.24) is 0 Å². The van der Waals surface area contributed by atoms with Crippen LogP contribution in [0.1, 0.15) is 78.6 Å². The molecule has 0 aromatic carbocycles. The van der Waals surface area contributed by atoms with Gasteiger partial charge in [-0.1, -0.05) is 60.8 Å². The van der Waals surface area contributed by atoms with Crippen LogP contribution in [0.5, 0.6) is 0 Å². The lowest BCUT2D eigenvalue weighted by Gasteiger charge is -2.32. The van der Waals surface area contributed by atoms with Crippen LogP contribution in [0.3, 0.4) is 0 Å². The van der Waals surface area contributed by atoms with Gasteiger partial charge in [0, 0.05) is 6.08 Å². The predicted molar refractivity (Wildman–Crippen MR) is 91.4 cm³/mol. The monoisotopic (exact) mass is 293 g/mol. The molecule has 1 aliphatic heterocycles. The van der Waals surface area contributed by atoms with Gasteiger partial charge in [0.25, 0.3) is 0 Å². The number of allylic oxidation sites excluding steroid dienone is 2. The maximum absolute atomic E-state index is 9.24. The van der Waals surface area contributed by atoms with Gasteiger partial charge in [-0.3, -0.25) is 0 Å². The van der Waals surface area contributed by atoms with Crippen molar-refractivity contribution in [2.45, 2.75) is 78.6 Å². The molecule has 0 bridgehead atoms. The standard InChI is InChI=1S/C18H32NP/c1-4-7-11-18(12-8-5-2)13-16-20(15-9-6-3)17(18)10-14-19/h10H,4-9,11-13,15-16H2,1-3H3. The molecule has 1 nitrogen and oxygen atoms in total. The highest BCUT2D eigenvalue weighted by atomic mass is 31.1. The molecular formula is C18H32NP. The van der Waals surface area contributed by atoms with Crippen LogP contribution in [0.25, 0.3) is 0 Å². The Balaban J connectivity index is 2.89. The van der Waals surface area contributed by atoms with E-state index in [0.29, 0.717) is 5.41 Å². The summed E-state index contributed by atoms with van der Waals surface area (Å²) in [6.07, 6.45) is 16.5. The minimum absolute atomic E-state index is 0.00270. The van der Waals surface area contributed by atoms with Crippen LogP contribution in [0.4, 0.5) is 0 Å². The molecule has 0 radical (unpaired) electrons. The third kappa shape index (κ3) is 4.60. The topological polar surface area (TPSA) is 23.8 Å². The molecule has 1 atom stereocenters. The molecular weight excluding hydrogens is 261 g/mol. The normalized spacial score (nSPS) is 23.1. The fourth-order valence-electron chi connectivity index (χ4n) is 3.48. The third-order valence-electron chi connectivity index (χ3n) is 4.74. The zero-order valence-corrected chi connectivity index (χ0v) is 14.6. The van der Waals surface area contributed by atoms with E-state index in [9.17, 15) is 5.26 Å². The SMILES string of the molecule is CCCCP1CCC(CCCC)(CCCC)C1=CC#N. The van der Waals surface area contributed by atoms with E-state index in [1.165, 1.54) is 70.1 Å². The largest absolute Gasteiger partial charge is 0.193 e. The van der Waals surface area contributed by atoms with E-state index in [1.54, 1.807) is 5.31 Å². The van der Waals surface area contributed by atoms with Crippen LogP contribution >= 0.6 is 7.92 Å². The van der Waals surface area contributed by atoms with Crippen LogP contribution < -0.4 is 0 Å². The quantitative estimate of drug-likeness (QED) is 0.354. The van der Waals surface area contributed by atoms with Crippen molar-refractivity contribution >= 4 is 7.92 Å². The fourth-order valence-corrected chi connectivity index (χ4v) is 6.83. The molecule has 1 unspecified atom stereocenters. The van der Waals surface area contributed by atoms with Gasteiger partial charge in [0.1, 0.15) is 0 Å². The van der Waals surface area contributed by atoms with Crippen LogP contribution in [0.15, 0.2) is 11.4 Å². The highest BCUT2D eigenvalue weighted by Gasteiger charge is 2.42. The van der Waals surface area contributed by atoms with Crippen LogP contribution in [-0.4, -0.2) is 12.3 Å². The first-order chi connectivity index (χ1) is 9.74. The molecule has 0 aromatic heterocycles. The molecule has 1 aliphatic rings. The van der Waals surface area contributed by atoms with E-state index >= 15 is 0 Å². The van der Waals surface area contributed by atoms with Crippen LogP contribution in [0, 0.1) is 16.7 Å². The maximum Gasteiger partial charge on any atom is 0.0915 e. The fraction of sp³-hybridized carbons (Fsp3) is 0.833. The summed E-state index contributed by atoms with van der Waals surface area (Å²) in [4.78, 5) is 0. The molecule has 0 saturated carbocycles. The molecule has 20 heavy (non-hydrogen) atoms. The summed E-state index contributed by atoms with van der Waals surface area (Å²) in [7, 11) is -0.00270. The Bertz CT molecular complexity index is 332. The van der Waals surface area contributed by atoms with Crippen molar-refractivity contribution in [3.8, 4) is 6.07 Å². The van der Waals surface area contributed by atoms with Gasteiger partial charge < -0.3 is 0 Å². The Hall–Kier alpha value is -0.340. The van der Waals surface area contributed by atoms with Gasteiger partial charge in [0.2, 0.25) is 0 Å². The first-order valence-electron chi connectivity index (χ1n) is 8.59. The predicted octanol–water partition coefficient (Wildman–Crippen LogP) is 6.45. The van der Waals surface area contributed by atoms with E-state index in [4.69, 9.17) is 0 Å². The zero-order valence-electron chi connectivity index (χ0n) is 13.7. The van der Waals surface area contributed by atoms with Gasteiger partial charge in [0.05, 0.1) is 6.07 Å². The third-order valence-corrected chi connectivity index (χ3v) is 7.65. The average Bonchev–Trinajstić information content (AvgIpc) is 2.80. The van der Waals surface area contributed by atoms with Crippen molar-refractivity contribution < 1.29 is 0 Å². The van der Waals surface area contributed by atoms with E-state index in [-0.39, 0.29) is 7.92 Å². The van der Waals surface area contributed by atoms with Gasteiger partial charge in [-0.25, -0.2) is 0 Å². The van der Waals surface area contributed by atoms with E-state index in [0.717, 1.165) is 0 Å². The summed E-state index contributed by atoms with van der Waals surface area (Å²) in [5, 5.41) is 10.8. The Morgan fingerprint density at radius 3 is 2.20 bits per heavy atom. The van der Waals surface area contributed by atoms with E-state index in [2.05, 4.69) is 26.8 Å². The maximum atomic E-state index is 9.24. The number of nitriles is 1. The van der Waals surface area contributed by atoms with Gasteiger partial charge in [-0.05, 0) is 48.7 Å². The number of nitrogens with zero attached hydrogens (tertiary/aromatic N) is 1. The summed E-state index contributed by atoms with van der Waals surface area (Å²) in [6.45, 7) is 6.85. The average molecular weight is 293 g/mol. The summed E-state index contributed by atoms with van der Waals surface area (Å²) in [5.41, 5.74) is 0.404. The molecule has 0 spiro atoms. The summed E-state index contributed by atoms with van der Waals surface area (Å²) >= 11 is 0. The minimum Gasteiger partial charge on any atom is -0.193 e. The van der Waals surface area contributed by atoms with Gasteiger partial charge in [-0.15, -0.1) is 0 Å². The van der Waals surface area contributed by atoms with Gasteiger partial charge >= 0.3 is 0 Å². The van der Waals surface area contributed by atoms with Crippen molar-refractivity contribution in [3.63, 3.8) is 0 Å². The highest BCUT2D eigenvalue weighted by Crippen LogP contribution is 2.65. The van der Waals surface area contributed by atoms with Crippen molar-refractivity contribution in [3.05, 3.63) is 11.4 Å². The number of hydrogen-bond acceptors (Lipinski definition) is 1. The van der Waals surface area contributed by atoms with Gasteiger partial charge in [0.15, 0.2) is 0 Å².